The molecule has 0 bridgehead atoms. The predicted molar refractivity (Wildman–Crippen MR) is 116 cm³/mol. The Labute approximate surface area is 171 Å². The van der Waals surface area contributed by atoms with Crippen LogP contribution in [0.4, 0.5) is 11.4 Å². The predicted octanol–water partition coefficient (Wildman–Crippen LogP) is 4.81. The summed E-state index contributed by atoms with van der Waals surface area (Å²) in [4.78, 5) is 24.7. The average molecular weight is 394 g/mol. The molecule has 2 amide bonds. The lowest BCUT2D eigenvalue weighted by Crippen LogP contribution is -2.14. The van der Waals surface area contributed by atoms with E-state index in [0.717, 1.165) is 0 Å². The summed E-state index contributed by atoms with van der Waals surface area (Å²) >= 11 is 0. The highest BCUT2D eigenvalue weighted by Crippen LogP contribution is 2.37. The Kier molecular flexibility index (Phi) is 8.51. The Morgan fingerprint density at radius 3 is 2.03 bits per heavy atom. The third kappa shape index (κ3) is 6.53. The third-order valence-corrected chi connectivity index (χ3v) is 3.77. The lowest BCUT2D eigenvalue weighted by Gasteiger charge is -2.17. The maximum Gasteiger partial charge on any atom is 0.255 e. The van der Waals surface area contributed by atoms with Crippen LogP contribution in [0.2, 0.25) is 0 Å². The molecule has 6 heteroatoms. The first kappa shape index (κ1) is 21.8. The summed E-state index contributed by atoms with van der Waals surface area (Å²) in [6.45, 7) is 6.36. The van der Waals surface area contributed by atoms with Gasteiger partial charge in [-0.3, -0.25) is 9.59 Å². The van der Waals surface area contributed by atoms with Crippen LogP contribution in [-0.4, -0.2) is 25.0 Å². The second-order valence-electron chi connectivity index (χ2n) is 5.90. The molecule has 0 aromatic heterocycles. The highest BCUT2D eigenvalue weighted by Gasteiger charge is 2.16. The quantitative estimate of drug-likeness (QED) is 0.473. The fraction of sp³-hybridized carbons (Fsp3) is 0.217. The van der Waals surface area contributed by atoms with Gasteiger partial charge in [-0.15, -0.1) is 0 Å². The van der Waals surface area contributed by atoms with Crippen molar-refractivity contribution in [2.45, 2.75) is 20.8 Å². The van der Waals surface area contributed by atoms with E-state index in [4.69, 9.17) is 9.47 Å². The summed E-state index contributed by atoms with van der Waals surface area (Å²) in [5, 5.41) is 5.64. The highest BCUT2D eigenvalue weighted by atomic mass is 16.5. The van der Waals surface area contributed by atoms with E-state index in [2.05, 4.69) is 10.6 Å². The second kappa shape index (κ2) is 11.3. The highest BCUT2D eigenvalue weighted by molar-refractivity contribution is 6.06. The van der Waals surface area contributed by atoms with Gasteiger partial charge in [-0.05, 0) is 32.9 Å². The fourth-order valence-corrected chi connectivity index (χ4v) is 2.52. The maximum absolute atomic E-state index is 12.6. The van der Waals surface area contributed by atoms with Crippen molar-refractivity contribution < 1.29 is 19.1 Å². The average Bonchev–Trinajstić information content (AvgIpc) is 2.72. The van der Waals surface area contributed by atoms with Crippen LogP contribution in [0.1, 0.15) is 31.1 Å². The van der Waals surface area contributed by atoms with E-state index in [1.807, 2.05) is 32.9 Å². The Morgan fingerprint density at radius 1 is 0.897 bits per heavy atom. The van der Waals surface area contributed by atoms with E-state index < -0.39 is 0 Å². The summed E-state index contributed by atoms with van der Waals surface area (Å²) in [7, 11) is 0. The van der Waals surface area contributed by atoms with Gasteiger partial charge in [0.25, 0.3) is 5.91 Å². The zero-order chi connectivity index (χ0) is 21.1. The van der Waals surface area contributed by atoms with E-state index in [9.17, 15) is 9.59 Å². The minimum Gasteiger partial charge on any atom is -0.492 e. The number of benzene rings is 2. The maximum atomic E-state index is 12.6. The Morgan fingerprint density at radius 2 is 1.48 bits per heavy atom. The van der Waals surface area contributed by atoms with Crippen molar-refractivity contribution in [3.05, 3.63) is 72.3 Å². The number of hydrogen-bond acceptors (Lipinski definition) is 4. The molecule has 0 radical (unpaired) electrons. The molecular weight excluding hydrogens is 368 g/mol. The molecule has 0 heterocycles. The second-order valence-corrected chi connectivity index (χ2v) is 5.90. The lowest BCUT2D eigenvalue weighted by atomic mass is 10.2. The molecule has 0 aliphatic carbocycles. The van der Waals surface area contributed by atoms with E-state index >= 15 is 0 Å². The van der Waals surface area contributed by atoms with Crippen LogP contribution in [0.25, 0.3) is 0 Å². The van der Waals surface area contributed by atoms with Crippen LogP contribution in [0.5, 0.6) is 11.5 Å². The van der Waals surface area contributed by atoms with Crippen molar-refractivity contribution in [2.24, 2.45) is 0 Å². The van der Waals surface area contributed by atoms with Crippen LogP contribution >= 0.6 is 0 Å². The monoisotopic (exact) mass is 394 g/mol. The molecular formula is C23H26N2O4. The number of anilines is 2. The number of nitrogens with one attached hydrogen (secondary N) is 2. The molecule has 29 heavy (non-hydrogen) atoms. The minimum atomic E-state index is -0.299. The topological polar surface area (TPSA) is 76.7 Å². The van der Waals surface area contributed by atoms with Gasteiger partial charge in [0.05, 0.1) is 24.6 Å². The van der Waals surface area contributed by atoms with Crippen LogP contribution in [0, 0.1) is 0 Å². The van der Waals surface area contributed by atoms with Gasteiger partial charge in [-0.2, -0.15) is 0 Å². The first-order valence-corrected chi connectivity index (χ1v) is 9.49. The molecule has 0 aliphatic rings. The van der Waals surface area contributed by atoms with Gasteiger partial charge in [0.2, 0.25) is 5.91 Å². The van der Waals surface area contributed by atoms with Gasteiger partial charge >= 0.3 is 0 Å². The van der Waals surface area contributed by atoms with Crippen molar-refractivity contribution in [3.63, 3.8) is 0 Å². The van der Waals surface area contributed by atoms with Gasteiger partial charge in [0.1, 0.15) is 11.5 Å². The first-order valence-electron chi connectivity index (χ1n) is 9.49. The van der Waals surface area contributed by atoms with E-state index in [0.29, 0.717) is 41.7 Å². The largest absolute Gasteiger partial charge is 0.492 e. The van der Waals surface area contributed by atoms with E-state index in [1.54, 1.807) is 48.6 Å². The Balaban J connectivity index is 2.34. The Bertz CT molecular complexity index is 889. The van der Waals surface area contributed by atoms with Crippen LogP contribution < -0.4 is 20.1 Å². The summed E-state index contributed by atoms with van der Waals surface area (Å²) in [6, 6.07) is 12.2. The van der Waals surface area contributed by atoms with Gasteiger partial charge in [0, 0.05) is 23.8 Å². The van der Waals surface area contributed by atoms with Crippen molar-refractivity contribution in [1.29, 1.82) is 0 Å². The molecule has 2 aromatic rings. The summed E-state index contributed by atoms with van der Waals surface area (Å²) in [5.74, 6) is 0.313. The number of carbonyl (C=O) groups is 2. The number of amides is 2. The molecule has 0 saturated heterocycles. The van der Waals surface area contributed by atoms with Gasteiger partial charge < -0.3 is 20.1 Å². The summed E-state index contributed by atoms with van der Waals surface area (Å²) < 4.78 is 11.3. The van der Waals surface area contributed by atoms with Gasteiger partial charge in [-0.25, -0.2) is 0 Å². The number of carbonyl (C=O) groups excluding carboxylic acids is 2. The normalized spacial score (nSPS) is 10.9. The molecule has 0 aliphatic heterocycles. The molecule has 152 valence electrons. The van der Waals surface area contributed by atoms with Crippen LogP contribution in [-0.2, 0) is 4.79 Å². The fourth-order valence-electron chi connectivity index (χ4n) is 2.52. The number of rotatable bonds is 9. The van der Waals surface area contributed by atoms with Crippen molar-refractivity contribution in [1.82, 2.24) is 0 Å². The summed E-state index contributed by atoms with van der Waals surface area (Å²) in [6.07, 6.45) is 6.65. The molecule has 2 N–H and O–H groups in total. The molecule has 0 saturated carbocycles. The number of hydrogen-bond donors (Lipinski definition) is 2. The summed E-state index contributed by atoms with van der Waals surface area (Å²) in [5.41, 5.74) is 1.45. The standard InChI is InChI=1S/C23H26N2O4/c1-4-7-9-14-22(26)24-18-15-21(29-6-3)19(16-20(18)28-5-2)25-23(27)17-12-10-8-11-13-17/h4,7-16H,5-6H2,1-3H3,(H,24,26)(H,25,27)/b7-4+,14-9+. The van der Waals surface area contributed by atoms with E-state index in [-0.39, 0.29) is 11.8 Å². The number of ether oxygens (including phenoxy) is 2. The van der Waals surface area contributed by atoms with Crippen molar-refractivity contribution in [3.8, 4) is 11.5 Å². The molecule has 6 nitrogen and oxygen atoms in total. The third-order valence-electron chi connectivity index (χ3n) is 3.77. The minimum absolute atomic E-state index is 0.264. The van der Waals surface area contributed by atoms with E-state index in [1.165, 1.54) is 6.08 Å². The van der Waals surface area contributed by atoms with Crippen molar-refractivity contribution >= 4 is 23.2 Å². The van der Waals surface area contributed by atoms with Gasteiger partial charge in [-0.1, -0.05) is 36.4 Å². The lowest BCUT2D eigenvalue weighted by molar-refractivity contribution is -0.111. The van der Waals surface area contributed by atoms with Gasteiger partial charge in [0.15, 0.2) is 0 Å². The first-order chi connectivity index (χ1) is 14.1. The smallest absolute Gasteiger partial charge is 0.255 e. The van der Waals surface area contributed by atoms with Crippen LogP contribution in [0.3, 0.4) is 0 Å². The van der Waals surface area contributed by atoms with Crippen LogP contribution in [0.15, 0.2) is 66.8 Å². The van der Waals surface area contributed by atoms with Crippen molar-refractivity contribution in [2.75, 3.05) is 23.8 Å². The molecule has 0 fully saturated rings. The Hall–Kier alpha value is -3.54. The molecule has 2 aromatic carbocycles. The zero-order valence-electron chi connectivity index (χ0n) is 16.9. The molecule has 0 atom stereocenters. The molecule has 0 spiro atoms. The molecule has 0 unspecified atom stereocenters. The SMILES string of the molecule is C/C=C/C=C/C(=O)Nc1cc(OCC)c(NC(=O)c2ccccc2)cc1OCC. The molecule has 2 rings (SSSR count). The zero-order valence-corrected chi connectivity index (χ0v) is 16.9. The number of allylic oxidation sites excluding steroid dienone is 3.